The van der Waals surface area contributed by atoms with Crippen LogP contribution in [0.25, 0.3) is 0 Å². The van der Waals surface area contributed by atoms with Gasteiger partial charge >= 0.3 is 6.09 Å². The number of carbonyl (C=O) groups is 1. The van der Waals surface area contributed by atoms with Gasteiger partial charge in [0.25, 0.3) is 0 Å². The van der Waals surface area contributed by atoms with Gasteiger partial charge in [0.1, 0.15) is 5.60 Å². The first-order valence-corrected chi connectivity index (χ1v) is 8.14. The van der Waals surface area contributed by atoms with Crippen LogP contribution in [0.2, 0.25) is 0 Å². The monoisotopic (exact) mass is 304 g/mol. The van der Waals surface area contributed by atoms with Gasteiger partial charge in [0.2, 0.25) is 0 Å². The van der Waals surface area contributed by atoms with E-state index >= 15 is 0 Å². The molecule has 0 aromatic heterocycles. The van der Waals surface area contributed by atoms with Gasteiger partial charge in [-0.2, -0.15) is 0 Å². The molecule has 1 aromatic carbocycles. The molecule has 1 saturated heterocycles. The first kappa shape index (κ1) is 16.8. The quantitative estimate of drug-likeness (QED) is 0.925. The van der Waals surface area contributed by atoms with E-state index in [4.69, 9.17) is 4.74 Å². The zero-order valence-corrected chi connectivity index (χ0v) is 14.1. The molecular weight excluding hydrogens is 276 g/mol. The van der Waals surface area contributed by atoms with Crippen molar-refractivity contribution in [3.05, 3.63) is 35.9 Å². The Balaban J connectivity index is 1.89. The minimum absolute atomic E-state index is 0.202. The van der Waals surface area contributed by atoms with Crippen molar-refractivity contribution in [3.8, 4) is 0 Å². The molecule has 22 heavy (non-hydrogen) atoms. The third kappa shape index (κ3) is 5.02. The molecule has 1 aromatic rings. The highest BCUT2D eigenvalue weighted by molar-refractivity contribution is 5.68. The number of hydrogen-bond donors (Lipinski definition) is 1. The van der Waals surface area contributed by atoms with Crippen molar-refractivity contribution in [2.24, 2.45) is 0 Å². The largest absolute Gasteiger partial charge is 0.444 e. The lowest BCUT2D eigenvalue weighted by Crippen LogP contribution is -2.49. The molecular formula is C18H28N2O2. The van der Waals surface area contributed by atoms with Gasteiger partial charge < -0.3 is 15.0 Å². The van der Waals surface area contributed by atoms with E-state index in [1.807, 2.05) is 31.7 Å². The van der Waals surface area contributed by atoms with Crippen LogP contribution in [0.5, 0.6) is 0 Å². The summed E-state index contributed by atoms with van der Waals surface area (Å²) in [7, 11) is 0. The maximum absolute atomic E-state index is 12.2. The molecule has 1 amide bonds. The standard InChI is InChI=1S/C18H28N2O2/c1-14(15-9-6-5-7-10-15)19-16-11-8-12-20(13-16)17(21)22-18(2,3)4/h5-7,9-10,14,16,19H,8,11-13H2,1-4H3/t14-,16-/m0/s1. The van der Waals surface area contributed by atoms with E-state index in [-0.39, 0.29) is 12.1 Å². The summed E-state index contributed by atoms with van der Waals surface area (Å²) in [4.78, 5) is 14.0. The van der Waals surface area contributed by atoms with E-state index in [9.17, 15) is 4.79 Å². The minimum Gasteiger partial charge on any atom is -0.444 e. The molecule has 1 aliphatic rings. The zero-order valence-electron chi connectivity index (χ0n) is 14.1. The Bertz CT molecular complexity index is 482. The molecule has 0 bridgehead atoms. The van der Waals surface area contributed by atoms with Crippen LogP contribution in [0.15, 0.2) is 30.3 Å². The first-order valence-electron chi connectivity index (χ1n) is 8.14. The van der Waals surface area contributed by atoms with Gasteiger partial charge in [0.05, 0.1) is 0 Å². The third-order valence-corrected chi connectivity index (χ3v) is 3.86. The van der Waals surface area contributed by atoms with Gasteiger partial charge in [-0.05, 0) is 46.1 Å². The Kier molecular flexibility index (Phi) is 5.46. The molecule has 0 aliphatic carbocycles. The lowest BCUT2D eigenvalue weighted by atomic mass is 10.0. The lowest BCUT2D eigenvalue weighted by molar-refractivity contribution is 0.0184. The summed E-state index contributed by atoms with van der Waals surface area (Å²) in [6.45, 7) is 9.38. The Morgan fingerprint density at radius 1 is 1.32 bits per heavy atom. The predicted octanol–water partition coefficient (Wildman–Crippen LogP) is 3.74. The number of ether oxygens (including phenoxy) is 1. The fraction of sp³-hybridized carbons (Fsp3) is 0.611. The average molecular weight is 304 g/mol. The second kappa shape index (κ2) is 7.14. The van der Waals surface area contributed by atoms with E-state index in [0.29, 0.717) is 12.6 Å². The minimum atomic E-state index is -0.436. The van der Waals surface area contributed by atoms with Crippen molar-refractivity contribution < 1.29 is 9.53 Å². The molecule has 1 N–H and O–H groups in total. The van der Waals surface area contributed by atoms with Gasteiger partial charge in [-0.15, -0.1) is 0 Å². The number of nitrogens with zero attached hydrogens (tertiary/aromatic N) is 1. The normalized spacial score (nSPS) is 20.5. The molecule has 0 unspecified atom stereocenters. The van der Waals surface area contributed by atoms with Crippen molar-refractivity contribution in [2.75, 3.05) is 13.1 Å². The van der Waals surface area contributed by atoms with Crippen LogP contribution < -0.4 is 5.32 Å². The predicted molar refractivity (Wildman–Crippen MR) is 88.8 cm³/mol. The maximum Gasteiger partial charge on any atom is 0.410 e. The summed E-state index contributed by atoms with van der Waals surface area (Å²) >= 11 is 0. The van der Waals surface area contributed by atoms with E-state index in [0.717, 1.165) is 19.4 Å². The van der Waals surface area contributed by atoms with E-state index in [2.05, 4.69) is 36.5 Å². The van der Waals surface area contributed by atoms with Crippen molar-refractivity contribution in [2.45, 2.75) is 58.2 Å². The SMILES string of the molecule is C[C@H](N[C@H]1CCCN(C(=O)OC(C)(C)C)C1)c1ccccc1. The Labute approximate surface area is 133 Å². The van der Waals surface area contributed by atoms with Crippen LogP contribution in [-0.4, -0.2) is 35.7 Å². The molecule has 4 nitrogen and oxygen atoms in total. The molecule has 4 heteroatoms. The van der Waals surface area contributed by atoms with E-state index in [1.165, 1.54) is 5.56 Å². The Morgan fingerprint density at radius 3 is 2.64 bits per heavy atom. The molecule has 1 heterocycles. The lowest BCUT2D eigenvalue weighted by Gasteiger charge is -2.35. The fourth-order valence-corrected chi connectivity index (χ4v) is 2.80. The number of rotatable bonds is 3. The molecule has 2 rings (SSSR count). The summed E-state index contributed by atoms with van der Waals surface area (Å²) < 4.78 is 5.47. The fourth-order valence-electron chi connectivity index (χ4n) is 2.80. The number of piperidine rings is 1. The summed E-state index contributed by atoms with van der Waals surface area (Å²) in [5.41, 5.74) is 0.839. The molecule has 1 fully saturated rings. The summed E-state index contributed by atoms with van der Waals surface area (Å²) in [6.07, 6.45) is 1.90. The van der Waals surface area contributed by atoms with Crippen molar-refractivity contribution in [1.82, 2.24) is 10.2 Å². The molecule has 2 atom stereocenters. The highest BCUT2D eigenvalue weighted by Gasteiger charge is 2.28. The summed E-state index contributed by atoms with van der Waals surface area (Å²) in [5, 5.41) is 3.63. The Morgan fingerprint density at radius 2 is 2.00 bits per heavy atom. The highest BCUT2D eigenvalue weighted by Crippen LogP contribution is 2.18. The van der Waals surface area contributed by atoms with Crippen molar-refractivity contribution >= 4 is 6.09 Å². The van der Waals surface area contributed by atoms with Gasteiger partial charge in [0, 0.05) is 25.2 Å². The van der Waals surface area contributed by atoms with Gasteiger partial charge in [-0.25, -0.2) is 4.79 Å². The third-order valence-electron chi connectivity index (χ3n) is 3.86. The van der Waals surface area contributed by atoms with Crippen LogP contribution in [0.4, 0.5) is 4.79 Å². The number of likely N-dealkylation sites (tertiary alicyclic amines) is 1. The number of hydrogen-bond acceptors (Lipinski definition) is 3. The van der Waals surface area contributed by atoms with Gasteiger partial charge in [0.15, 0.2) is 0 Å². The molecule has 0 radical (unpaired) electrons. The molecule has 122 valence electrons. The second-order valence-corrected chi connectivity index (χ2v) is 7.06. The van der Waals surface area contributed by atoms with Crippen LogP contribution in [0.3, 0.4) is 0 Å². The van der Waals surface area contributed by atoms with E-state index in [1.54, 1.807) is 0 Å². The molecule has 0 saturated carbocycles. The Hall–Kier alpha value is -1.55. The van der Waals surface area contributed by atoms with Crippen LogP contribution >= 0.6 is 0 Å². The first-order chi connectivity index (χ1) is 10.3. The van der Waals surface area contributed by atoms with Crippen LogP contribution in [-0.2, 0) is 4.74 Å². The average Bonchev–Trinajstić information content (AvgIpc) is 2.46. The van der Waals surface area contributed by atoms with Gasteiger partial charge in [-0.3, -0.25) is 0 Å². The summed E-state index contributed by atoms with van der Waals surface area (Å²) in [5.74, 6) is 0. The topological polar surface area (TPSA) is 41.6 Å². The van der Waals surface area contributed by atoms with Crippen LogP contribution in [0.1, 0.15) is 52.1 Å². The summed E-state index contributed by atoms with van der Waals surface area (Å²) in [6, 6.07) is 11.0. The number of carbonyl (C=O) groups excluding carboxylic acids is 1. The van der Waals surface area contributed by atoms with Crippen molar-refractivity contribution in [1.29, 1.82) is 0 Å². The number of nitrogens with one attached hydrogen (secondary N) is 1. The molecule has 0 spiro atoms. The molecule has 1 aliphatic heterocycles. The van der Waals surface area contributed by atoms with Gasteiger partial charge in [-0.1, -0.05) is 30.3 Å². The van der Waals surface area contributed by atoms with Crippen molar-refractivity contribution in [3.63, 3.8) is 0 Å². The number of benzene rings is 1. The highest BCUT2D eigenvalue weighted by atomic mass is 16.6. The van der Waals surface area contributed by atoms with Crippen LogP contribution in [0, 0.1) is 0 Å². The zero-order chi connectivity index (χ0) is 16.2. The van der Waals surface area contributed by atoms with E-state index < -0.39 is 5.60 Å². The number of amides is 1. The second-order valence-electron chi connectivity index (χ2n) is 7.06. The maximum atomic E-state index is 12.2. The smallest absolute Gasteiger partial charge is 0.410 e.